The van der Waals surface area contributed by atoms with Gasteiger partial charge in [-0.1, -0.05) is 23.7 Å². The average molecular weight is 227 g/mol. The van der Waals surface area contributed by atoms with Crippen LogP contribution in [0.2, 0.25) is 5.02 Å². The first kappa shape index (κ1) is 11.3. The van der Waals surface area contributed by atoms with E-state index in [1.165, 1.54) is 0 Å². The van der Waals surface area contributed by atoms with Crippen molar-refractivity contribution in [2.45, 2.75) is 6.04 Å². The Morgan fingerprint density at radius 1 is 1.47 bits per heavy atom. The molecule has 0 unspecified atom stereocenters. The maximum absolute atomic E-state index is 10.3. The topological polar surface area (TPSA) is 72.6 Å². The van der Waals surface area contributed by atoms with Crippen molar-refractivity contribution in [3.63, 3.8) is 0 Å². The minimum Gasteiger partial charge on any atom is -0.295 e. The number of hydrogen-bond donors (Lipinski definition) is 0. The molecule has 5 nitrogen and oxygen atoms in total. The lowest BCUT2D eigenvalue weighted by Gasteiger charge is -1.97. The fraction of sp³-hybridized carbons (Fsp3) is 0.111. The Kier molecular flexibility index (Phi) is 3.93. The van der Waals surface area contributed by atoms with Crippen LogP contribution in [0.4, 0.5) is 5.69 Å². The van der Waals surface area contributed by atoms with Crippen molar-refractivity contribution in [2.75, 3.05) is 0 Å². The molecular formula is C9H7ClN2O3. The Balaban J connectivity index is 2.85. The monoisotopic (exact) mass is 226 g/mol. The fourth-order valence-corrected chi connectivity index (χ4v) is 1.04. The summed E-state index contributed by atoms with van der Waals surface area (Å²) in [5.74, 6) is 0. The highest BCUT2D eigenvalue weighted by molar-refractivity contribution is 6.33. The Bertz CT molecular complexity index is 406. The molecule has 15 heavy (non-hydrogen) atoms. The smallest absolute Gasteiger partial charge is 0.295 e. The number of carbonyl (C=O) groups is 1. The molecule has 0 saturated carbocycles. The number of nitro groups is 1. The SMILES string of the molecule is O=C[C@H](C=Nc1ccccc1Cl)[N+](=O)[O-]. The van der Waals surface area contributed by atoms with Crippen LogP contribution in [0.3, 0.4) is 0 Å². The minimum atomic E-state index is -1.43. The Morgan fingerprint density at radius 3 is 2.67 bits per heavy atom. The summed E-state index contributed by atoms with van der Waals surface area (Å²) >= 11 is 5.76. The molecule has 1 atom stereocenters. The highest BCUT2D eigenvalue weighted by atomic mass is 35.5. The molecule has 0 heterocycles. The summed E-state index contributed by atoms with van der Waals surface area (Å²) in [6, 6.07) is 5.19. The number of benzene rings is 1. The lowest BCUT2D eigenvalue weighted by molar-refractivity contribution is -0.485. The summed E-state index contributed by atoms with van der Waals surface area (Å²) < 4.78 is 0. The van der Waals surface area contributed by atoms with E-state index in [1.54, 1.807) is 24.3 Å². The van der Waals surface area contributed by atoms with Gasteiger partial charge in [0.25, 0.3) is 0 Å². The second-order valence-electron chi connectivity index (χ2n) is 2.64. The van der Waals surface area contributed by atoms with E-state index in [2.05, 4.69) is 4.99 Å². The van der Waals surface area contributed by atoms with E-state index in [1.807, 2.05) is 0 Å². The number of halogens is 1. The quantitative estimate of drug-likeness (QED) is 0.341. The van der Waals surface area contributed by atoms with Crippen molar-refractivity contribution in [2.24, 2.45) is 4.99 Å². The van der Waals surface area contributed by atoms with Gasteiger partial charge in [0.15, 0.2) is 6.29 Å². The van der Waals surface area contributed by atoms with Crippen LogP contribution in [-0.2, 0) is 4.79 Å². The third-order valence-electron chi connectivity index (χ3n) is 1.60. The van der Waals surface area contributed by atoms with Gasteiger partial charge in [0.1, 0.15) is 0 Å². The normalized spacial score (nSPS) is 12.6. The molecule has 0 spiro atoms. The van der Waals surface area contributed by atoms with Crippen molar-refractivity contribution in [3.8, 4) is 0 Å². The molecule has 0 N–H and O–H groups in total. The summed E-state index contributed by atoms with van der Waals surface area (Å²) in [6.45, 7) is 0. The highest BCUT2D eigenvalue weighted by Gasteiger charge is 2.14. The lowest BCUT2D eigenvalue weighted by Crippen LogP contribution is -2.22. The molecule has 0 fully saturated rings. The van der Waals surface area contributed by atoms with Gasteiger partial charge >= 0.3 is 6.04 Å². The van der Waals surface area contributed by atoms with Gasteiger partial charge in [0, 0.05) is 4.92 Å². The Labute approximate surface area is 90.5 Å². The first-order valence-corrected chi connectivity index (χ1v) is 4.40. The van der Waals surface area contributed by atoms with E-state index < -0.39 is 11.0 Å². The second-order valence-corrected chi connectivity index (χ2v) is 3.05. The first-order chi connectivity index (χ1) is 7.15. The molecule has 0 aliphatic rings. The van der Waals surface area contributed by atoms with Crippen molar-refractivity contribution in [3.05, 3.63) is 39.4 Å². The predicted molar refractivity (Wildman–Crippen MR) is 56.5 cm³/mol. The van der Waals surface area contributed by atoms with E-state index in [-0.39, 0.29) is 6.29 Å². The zero-order chi connectivity index (χ0) is 11.3. The molecule has 0 aliphatic heterocycles. The highest BCUT2D eigenvalue weighted by Crippen LogP contribution is 2.23. The molecule has 78 valence electrons. The third kappa shape index (κ3) is 3.14. The van der Waals surface area contributed by atoms with Crippen LogP contribution >= 0.6 is 11.6 Å². The van der Waals surface area contributed by atoms with Crippen LogP contribution in [0, 0.1) is 10.1 Å². The fourth-order valence-electron chi connectivity index (χ4n) is 0.852. The van der Waals surface area contributed by atoms with E-state index >= 15 is 0 Å². The third-order valence-corrected chi connectivity index (χ3v) is 1.92. The van der Waals surface area contributed by atoms with E-state index in [9.17, 15) is 14.9 Å². The summed E-state index contributed by atoms with van der Waals surface area (Å²) in [4.78, 5) is 23.6. The van der Waals surface area contributed by atoms with E-state index in [0.29, 0.717) is 10.7 Å². The van der Waals surface area contributed by atoms with Gasteiger partial charge in [-0.2, -0.15) is 0 Å². The molecule has 1 aromatic rings. The number of para-hydroxylation sites is 1. The van der Waals surface area contributed by atoms with Crippen LogP contribution in [0.5, 0.6) is 0 Å². The number of rotatable bonds is 4. The number of carbonyl (C=O) groups excluding carboxylic acids is 1. The van der Waals surface area contributed by atoms with Crippen LogP contribution in [0.15, 0.2) is 29.3 Å². The second kappa shape index (κ2) is 5.21. The van der Waals surface area contributed by atoms with Crippen molar-refractivity contribution >= 4 is 29.8 Å². The van der Waals surface area contributed by atoms with Crippen LogP contribution in [0.25, 0.3) is 0 Å². The summed E-state index contributed by atoms with van der Waals surface area (Å²) in [6.07, 6.45) is 1.16. The van der Waals surface area contributed by atoms with Crippen molar-refractivity contribution in [1.29, 1.82) is 0 Å². The van der Waals surface area contributed by atoms with E-state index in [0.717, 1.165) is 6.21 Å². The van der Waals surface area contributed by atoms with Gasteiger partial charge in [0.2, 0.25) is 0 Å². The summed E-state index contributed by atoms with van der Waals surface area (Å²) in [5, 5.41) is 10.7. The van der Waals surface area contributed by atoms with Gasteiger partial charge in [-0.25, -0.2) is 0 Å². The minimum absolute atomic E-state index is 0.209. The van der Waals surface area contributed by atoms with Crippen LogP contribution < -0.4 is 0 Å². The molecule has 0 saturated heterocycles. The number of nitrogens with zero attached hydrogens (tertiary/aromatic N) is 2. The number of hydrogen-bond acceptors (Lipinski definition) is 4. The van der Waals surface area contributed by atoms with E-state index in [4.69, 9.17) is 11.6 Å². The van der Waals surface area contributed by atoms with Gasteiger partial charge < -0.3 is 0 Å². The molecule has 0 aliphatic carbocycles. The Hall–Kier alpha value is -1.75. The average Bonchev–Trinajstić information content (AvgIpc) is 2.21. The molecule has 1 aromatic carbocycles. The predicted octanol–water partition coefficient (Wildman–Crippen LogP) is 1.89. The standard InChI is InChI=1S/C9H7ClN2O3/c10-8-3-1-2-4-9(8)11-5-7(6-13)12(14)15/h1-7H/t7-/m0/s1. The molecule has 6 heteroatoms. The molecular weight excluding hydrogens is 220 g/mol. The molecule has 0 bridgehead atoms. The summed E-state index contributed by atoms with van der Waals surface area (Å²) in [7, 11) is 0. The number of aldehydes is 1. The molecule has 1 rings (SSSR count). The van der Waals surface area contributed by atoms with Crippen molar-refractivity contribution in [1.82, 2.24) is 0 Å². The maximum Gasteiger partial charge on any atom is 0.302 e. The van der Waals surface area contributed by atoms with Gasteiger partial charge in [-0.15, -0.1) is 0 Å². The van der Waals surface area contributed by atoms with Crippen molar-refractivity contribution < 1.29 is 9.72 Å². The van der Waals surface area contributed by atoms with Gasteiger partial charge in [-0.3, -0.25) is 19.9 Å². The number of aliphatic imine (C=N–C) groups is 1. The van der Waals surface area contributed by atoms with Gasteiger partial charge in [0.05, 0.1) is 16.9 Å². The maximum atomic E-state index is 10.3. The zero-order valence-electron chi connectivity index (χ0n) is 7.54. The lowest BCUT2D eigenvalue weighted by atomic mass is 10.3. The van der Waals surface area contributed by atoms with Crippen LogP contribution in [0.1, 0.15) is 0 Å². The summed E-state index contributed by atoms with van der Waals surface area (Å²) in [5.41, 5.74) is 0.396. The molecule has 0 amide bonds. The molecule has 0 radical (unpaired) electrons. The van der Waals surface area contributed by atoms with Crippen LogP contribution in [-0.4, -0.2) is 23.5 Å². The largest absolute Gasteiger partial charge is 0.302 e. The Morgan fingerprint density at radius 2 is 2.13 bits per heavy atom. The molecule has 0 aromatic heterocycles. The first-order valence-electron chi connectivity index (χ1n) is 4.02. The van der Waals surface area contributed by atoms with Gasteiger partial charge in [-0.05, 0) is 12.1 Å². The zero-order valence-corrected chi connectivity index (χ0v) is 8.29.